The molecule has 18 aromatic carbocycles. The Morgan fingerprint density at radius 1 is 0.165 bits per heavy atom. The summed E-state index contributed by atoms with van der Waals surface area (Å²) in [4.78, 5) is 5.46. The molecule has 0 aliphatic carbocycles. The lowest BCUT2D eigenvalue weighted by Crippen LogP contribution is -2.12. The molecule has 0 unspecified atom stereocenters. The first kappa shape index (κ1) is 57.1. The van der Waals surface area contributed by atoms with Gasteiger partial charge in [-0.15, -0.1) is 0 Å². The highest BCUT2D eigenvalue weighted by atomic mass is 32.2. The standard InChI is InChI=1S/C47H29FS.C47H30S/c48-34-27-25-32(26-28-34)30-19-17-29(18-20-30)31-21-23-33(24-22-31)43-44-39-13-5-1-9-35(39)37-11-3-7-15-41(37)46(44)49-47-42-16-8-4-12-38(42)36-10-2-6-14-40(36)45(43)47;1-2-12-30(13-3-1)31-22-24-32(25-23-31)33-26-28-34(29-27-33)43-44-39-18-8-4-14-35(39)37-16-6-10-20-41(37)46(44)48-47-42-21-11-7-17-38(42)36-15-5-9-19-40(36)45(43)47/h1-28,43H;1-29,43H. The van der Waals surface area contributed by atoms with Crippen molar-refractivity contribution >= 4 is 110 Å². The van der Waals surface area contributed by atoms with Crippen LogP contribution in [-0.2, 0) is 0 Å². The Balaban J connectivity index is 0.000000136. The molecular weight excluding hydrogens is 1210 g/mol. The van der Waals surface area contributed by atoms with Crippen LogP contribution in [0.4, 0.5) is 4.39 Å². The number of hydrogen-bond donors (Lipinski definition) is 0. The van der Waals surface area contributed by atoms with Crippen molar-refractivity contribution < 1.29 is 4.39 Å². The minimum Gasteiger partial charge on any atom is -0.207 e. The van der Waals surface area contributed by atoms with Gasteiger partial charge in [0.05, 0.1) is 0 Å². The molecule has 0 spiro atoms. The van der Waals surface area contributed by atoms with Crippen molar-refractivity contribution in [3.8, 4) is 44.5 Å². The Labute approximate surface area is 571 Å². The average Bonchev–Trinajstić information content (AvgIpc) is 0.708. The van der Waals surface area contributed by atoms with Crippen molar-refractivity contribution in [2.24, 2.45) is 0 Å². The van der Waals surface area contributed by atoms with Crippen LogP contribution in [-0.4, -0.2) is 0 Å². The lowest BCUT2D eigenvalue weighted by molar-refractivity contribution is 0.628. The van der Waals surface area contributed by atoms with Gasteiger partial charge in [-0.05, 0) is 176 Å². The molecule has 18 aromatic rings. The smallest absolute Gasteiger partial charge is 0.123 e. The van der Waals surface area contributed by atoms with Gasteiger partial charge in [-0.3, -0.25) is 0 Å². The fraction of sp³-hybridized carbons (Fsp3) is 0.0213. The highest BCUT2D eigenvalue weighted by Gasteiger charge is 2.36. The van der Waals surface area contributed by atoms with Crippen LogP contribution in [0.15, 0.2) is 365 Å². The second-order valence-electron chi connectivity index (χ2n) is 25.7. The van der Waals surface area contributed by atoms with E-state index in [4.69, 9.17) is 0 Å². The summed E-state index contributed by atoms with van der Waals surface area (Å²) in [5.41, 5.74) is 17.6. The van der Waals surface area contributed by atoms with Crippen molar-refractivity contribution in [3.63, 3.8) is 0 Å². The average molecular weight is 1270 g/mol. The molecule has 0 bridgehead atoms. The van der Waals surface area contributed by atoms with Crippen LogP contribution in [0.5, 0.6) is 0 Å². The second kappa shape index (κ2) is 23.5. The number of benzene rings is 18. The van der Waals surface area contributed by atoms with Crippen molar-refractivity contribution in [1.82, 2.24) is 0 Å². The minimum absolute atomic E-state index is 0.0464. The molecular formula is C94H59FS2. The number of halogens is 1. The van der Waals surface area contributed by atoms with Crippen molar-refractivity contribution in [3.05, 3.63) is 385 Å². The summed E-state index contributed by atoms with van der Waals surface area (Å²) >= 11 is 3.92. The summed E-state index contributed by atoms with van der Waals surface area (Å²) < 4.78 is 13.5. The Morgan fingerprint density at radius 2 is 0.340 bits per heavy atom. The van der Waals surface area contributed by atoms with E-state index in [0.29, 0.717) is 0 Å². The van der Waals surface area contributed by atoms with Crippen LogP contribution in [0.1, 0.15) is 45.2 Å². The SMILES string of the molecule is Fc1ccc(-c2ccc(-c3ccc(C4c5c(c6ccccc6c6ccccc56)Sc5c4c4ccccc4c4ccccc54)cc3)cc2)cc1.c1ccc(-c2ccc(-c3ccc(C4c5c(c6ccccc6c6ccccc56)Sc5c4c4ccccc4c4ccccc54)cc3)cc2)cc1. The van der Waals surface area contributed by atoms with E-state index in [9.17, 15) is 4.39 Å². The van der Waals surface area contributed by atoms with Crippen molar-refractivity contribution in [2.75, 3.05) is 0 Å². The van der Waals surface area contributed by atoms with Crippen LogP contribution in [0.2, 0.25) is 0 Å². The molecule has 2 aliphatic rings. The molecule has 0 nitrogen and oxygen atoms in total. The Morgan fingerprint density at radius 3 is 0.588 bits per heavy atom. The molecule has 0 saturated heterocycles. The fourth-order valence-electron chi connectivity index (χ4n) is 16.0. The third kappa shape index (κ3) is 9.51. The van der Waals surface area contributed by atoms with Gasteiger partial charge >= 0.3 is 0 Å². The third-order valence-corrected chi connectivity index (χ3v) is 23.0. The first-order valence-corrected chi connectivity index (χ1v) is 35.0. The molecule has 2 aliphatic heterocycles. The van der Waals surface area contributed by atoms with Gasteiger partial charge in [-0.25, -0.2) is 4.39 Å². The normalized spacial score (nSPS) is 12.8. The quantitative estimate of drug-likeness (QED) is 0.152. The first-order valence-electron chi connectivity index (χ1n) is 33.4. The highest BCUT2D eigenvalue weighted by Crippen LogP contribution is 2.60. The van der Waals surface area contributed by atoms with Crippen LogP contribution >= 0.6 is 23.5 Å². The summed E-state index contributed by atoms with van der Waals surface area (Å²) in [6.45, 7) is 0. The van der Waals surface area contributed by atoms with Crippen LogP contribution in [0.3, 0.4) is 0 Å². The van der Waals surface area contributed by atoms with E-state index < -0.39 is 0 Å². The molecule has 0 atom stereocenters. The van der Waals surface area contributed by atoms with E-state index in [1.54, 1.807) is 0 Å². The van der Waals surface area contributed by atoms with E-state index in [2.05, 4.69) is 322 Å². The van der Waals surface area contributed by atoms with Gasteiger partial charge in [0.1, 0.15) is 5.82 Å². The predicted molar refractivity (Wildman–Crippen MR) is 411 cm³/mol. The summed E-state index contributed by atoms with van der Waals surface area (Å²) in [5.74, 6) is -0.0930. The third-order valence-electron chi connectivity index (χ3n) is 20.5. The largest absolute Gasteiger partial charge is 0.207 e. The summed E-state index contributed by atoms with van der Waals surface area (Å²) in [6, 6.07) is 125. The summed E-state index contributed by atoms with van der Waals surface area (Å²) in [5, 5.41) is 21.1. The Bertz CT molecular complexity index is 5910. The molecule has 0 aromatic heterocycles. The van der Waals surface area contributed by atoms with Gasteiger partial charge in [0.15, 0.2) is 0 Å². The predicted octanol–water partition coefficient (Wildman–Crippen LogP) is 26.7. The molecule has 0 radical (unpaired) electrons. The number of fused-ring (bicyclic) bond motifs is 24. The van der Waals surface area contributed by atoms with Gasteiger partial charge in [0.2, 0.25) is 0 Å². The van der Waals surface area contributed by atoms with Gasteiger partial charge in [-0.2, -0.15) is 0 Å². The lowest BCUT2D eigenvalue weighted by atomic mass is 9.78. The molecule has 20 rings (SSSR count). The van der Waals surface area contributed by atoms with E-state index in [0.717, 1.165) is 16.7 Å². The fourth-order valence-corrected chi connectivity index (χ4v) is 18.9. The minimum atomic E-state index is -0.218. The van der Waals surface area contributed by atoms with Gasteiger partial charge in [0.25, 0.3) is 0 Å². The summed E-state index contributed by atoms with van der Waals surface area (Å²) in [7, 11) is 0. The first-order chi connectivity index (χ1) is 48.1. The molecule has 454 valence electrons. The highest BCUT2D eigenvalue weighted by molar-refractivity contribution is 8.00. The Hall–Kier alpha value is -11.3. The molecule has 3 heteroatoms. The molecule has 0 saturated carbocycles. The molecule has 97 heavy (non-hydrogen) atoms. The molecule has 0 fully saturated rings. The van der Waals surface area contributed by atoms with E-state index in [1.807, 2.05) is 35.7 Å². The maximum atomic E-state index is 13.5. The van der Waals surface area contributed by atoms with E-state index in [-0.39, 0.29) is 17.7 Å². The molecule has 2 heterocycles. The van der Waals surface area contributed by atoms with Crippen LogP contribution in [0.25, 0.3) is 131 Å². The maximum absolute atomic E-state index is 13.5. The zero-order chi connectivity index (χ0) is 64.1. The topological polar surface area (TPSA) is 0 Å². The molecule has 0 N–H and O–H groups in total. The van der Waals surface area contributed by atoms with Gasteiger partial charge in [-0.1, -0.05) is 357 Å². The van der Waals surface area contributed by atoms with Gasteiger partial charge < -0.3 is 0 Å². The summed E-state index contributed by atoms with van der Waals surface area (Å²) in [6.07, 6.45) is 0. The second-order valence-corrected chi connectivity index (χ2v) is 27.7. The Kier molecular flexibility index (Phi) is 13.9. The van der Waals surface area contributed by atoms with E-state index in [1.165, 1.54) is 179 Å². The molecule has 0 amide bonds. The monoisotopic (exact) mass is 1270 g/mol. The number of rotatable bonds is 6. The van der Waals surface area contributed by atoms with Gasteiger partial charge in [0, 0.05) is 31.4 Å². The zero-order valence-corrected chi connectivity index (χ0v) is 54.4. The van der Waals surface area contributed by atoms with E-state index >= 15 is 0 Å². The zero-order valence-electron chi connectivity index (χ0n) is 52.8. The lowest BCUT2D eigenvalue weighted by Gasteiger charge is -2.33. The van der Waals surface area contributed by atoms with Crippen LogP contribution < -0.4 is 0 Å². The maximum Gasteiger partial charge on any atom is 0.123 e. The van der Waals surface area contributed by atoms with Crippen molar-refractivity contribution in [1.29, 1.82) is 0 Å². The van der Waals surface area contributed by atoms with Crippen molar-refractivity contribution in [2.45, 2.75) is 31.4 Å². The number of hydrogen-bond acceptors (Lipinski definition) is 2. The van der Waals surface area contributed by atoms with Crippen LogP contribution in [0, 0.1) is 5.82 Å².